The highest BCUT2D eigenvalue weighted by Crippen LogP contribution is 2.08. The third-order valence-corrected chi connectivity index (χ3v) is 4.95. The maximum absolute atomic E-state index is 12.3. The zero-order valence-electron chi connectivity index (χ0n) is 20.2. The van der Waals surface area contributed by atoms with Crippen LogP contribution in [-0.2, 0) is 9.59 Å². The minimum atomic E-state index is -1.30. The van der Waals surface area contributed by atoms with E-state index in [-0.39, 0.29) is 18.0 Å². The highest BCUT2D eigenvalue weighted by atomic mass is 16.5. The van der Waals surface area contributed by atoms with Gasteiger partial charge in [0.1, 0.15) is 6.04 Å². The van der Waals surface area contributed by atoms with E-state index in [4.69, 9.17) is 5.21 Å². The van der Waals surface area contributed by atoms with Crippen molar-refractivity contribution in [1.82, 2.24) is 16.1 Å². The van der Waals surface area contributed by atoms with Gasteiger partial charge in [-0.15, -0.1) is 0 Å². The Hall–Kier alpha value is -4.15. The molecule has 0 saturated heterocycles. The molecule has 2 aromatic carbocycles. The predicted molar refractivity (Wildman–Crippen MR) is 136 cm³/mol. The second kappa shape index (κ2) is 15.0. The molecule has 0 bridgehead atoms. The predicted octanol–water partition coefficient (Wildman–Crippen LogP) is 1.40. The molecule has 0 radical (unpaired) electrons. The first-order chi connectivity index (χ1) is 17.3. The largest absolute Gasteiger partial charge is 0.391 e. The van der Waals surface area contributed by atoms with E-state index in [0.717, 1.165) is 24.9 Å². The molecule has 9 heteroatoms. The summed E-state index contributed by atoms with van der Waals surface area (Å²) in [4.78, 5) is 35.7. The van der Waals surface area contributed by atoms with Crippen molar-refractivity contribution in [2.45, 2.75) is 38.8 Å². The zero-order chi connectivity index (χ0) is 26.3. The molecule has 6 N–H and O–H groups in total. The molecule has 2 atom stereocenters. The Balaban J connectivity index is 1.90. The number of rotatable bonds is 10. The summed E-state index contributed by atoms with van der Waals surface area (Å²) in [5.41, 5.74) is 3.73. The van der Waals surface area contributed by atoms with E-state index in [1.54, 1.807) is 36.4 Å². The van der Waals surface area contributed by atoms with Crippen molar-refractivity contribution in [2.24, 2.45) is 0 Å². The van der Waals surface area contributed by atoms with Crippen molar-refractivity contribution in [3.05, 3.63) is 65.2 Å². The fourth-order valence-electron chi connectivity index (χ4n) is 2.96. The van der Waals surface area contributed by atoms with E-state index >= 15 is 0 Å². The van der Waals surface area contributed by atoms with Crippen LogP contribution in [0.3, 0.4) is 0 Å². The highest BCUT2D eigenvalue weighted by Gasteiger charge is 2.25. The number of hydrogen-bond donors (Lipinski definition) is 6. The summed E-state index contributed by atoms with van der Waals surface area (Å²) in [6.45, 7) is 4.50. The number of aliphatic hydroxyl groups is 1. The van der Waals surface area contributed by atoms with Gasteiger partial charge in [-0.3, -0.25) is 19.6 Å². The normalized spacial score (nSPS) is 11.6. The molecule has 2 rings (SSSR count). The summed E-state index contributed by atoms with van der Waals surface area (Å²) in [5, 5.41) is 26.6. The fraction of sp³-hybridized carbons (Fsp3) is 0.296. The molecular weight excluding hydrogens is 460 g/mol. The van der Waals surface area contributed by atoms with E-state index < -0.39 is 24.0 Å². The molecule has 9 nitrogen and oxygen atoms in total. The quantitative estimate of drug-likeness (QED) is 0.129. The molecule has 0 aliphatic rings. The number of amides is 3. The van der Waals surface area contributed by atoms with Crippen LogP contribution in [0, 0.1) is 23.7 Å². The standard InChI is InChI=1S/C27H30N4O5/c1-3-4-17-28-18-24(33)29-23-15-11-21(12-16-23)8-6-5-7-20-9-13-22(14-10-20)26(34)30-25(19(2)32)27(35)31-36/h9-16,19,25,28,32,36H,3-4,17-18H2,1-2H3,(H,29,33)(H,30,34)(H,31,35). The average molecular weight is 491 g/mol. The second-order valence-corrected chi connectivity index (χ2v) is 7.90. The third kappa shape index (κ3) is 9.61. The number of anilines is 1. The summed E-state index contributed by atoms with van der Waals surface area (Å²) in [7, 11) is 0. The van der Waals surface area contributed by atoms with Gasteiger partial charge < -0.3 is 21.1 Å². The Morgan fingerprint density at radius 1 is 0.944 bits per heavy atom. The summed E-state index contributed by atoms with van der Waals surface area (Å²) in [6, 6.07) is 12.1. The van der Waals surface area contributed by atoms with Crippen molar-refractivity contribution in [3.63, 3.8) is 0 Å². The molecule has 0 saturated carbocycles. The van der Waals surface area contributed by atoms with E-state index in [9.17, 15) is 19.5 Å². The first kappa shape index (κ1) is 28.1. The number of carbonyl (C=O) groups excluding carboxylic acids is 3. The zero-order valence-corrected chi connectivity index (χ0v) is 20.2. The van der Waals surface area contributed by atoms with Gasteiger partial charge in [0.15, 0.2) is 0 Å². The van der Waals surface area contributed by atoms with Crippen LogP contribution in [0.1, 0.15) is 48.2 Å². The Morgan fingerprint density at radius 3 is 2.06 bits per heavy atom. The van der Waals surface area contributed by atoms with E-state index in [1.807, 2.05) is 0 Å². The highest BCUT2D eigenvalue weighted by molar-refractivity contribution is 5.97. The van der Waals surface area contributed by atoms with Crippen LogP contribution in [0.2, 0.25) is 0 Å². The molecule has 0 aliphatic heterocycles. The molecule has 0 aromatic heterocycles. The molecule has 0 heterocycles. The maximum atomic E-state index is 12.3. The van der Waals surface area contributed by atoms with Gasteiger partial charge in [-0.05, 0) is 80.3 Å². The molecule has 0 fully saturated rings. The molecule has 0 aliphatic carbocycles. The molecule has 0 spiro atoms. The van der Waals surface area contributed by atoms with Crippen LogP contribution in [-0.4, -0.2) is 53.3 Å². The smallest absolute Gasteiger partial charge is 0.268 e. The summed E-state index contributed by atoms with van der Waals surface area (Å²) in [6.07, 6.45) is 0.912. The number of carbonyl (C=O) groups is 3. The monoisotopic (exact) mass is 490 g/mol. The van der Waals surface area contributed by atoms with E-state index in [2.05, 4.69) is 46.6 Å². The van der Waals surface area contributed by atoms with Crippen LogP contribution in [0.5, 0.6) is 0 Å². The van der Waals surface area contributed by atoms with E-state index in [0.29, 0.717) is 11.3 Å². The maximum Gasteiger partial charge on any atom is 0.268 e. The van der Waals surface area contributed by atoms with Crippen molar-refractivity contribution >= 4 is 23.4 Å². The minimum Gasteiger partial charge on any atom is -0.391 e. The number of hydrogen-bond acceptors (Lipinski definition) is 6. The Bertz CT molecular complexity index is 1150. The molecule has 3 amide bonds. The number of nitrogens with one attached hydrogen (secondary N) is 4. The van der Waals surface area contributed by atoms with Gasteiger partial charge in [-0.1, -0.05) is 25.2 Å². The number of aliphatic hydroxyl groups excluding tert-OH is 1. The van der Waals surface area contributed by atoms with Crippen molar-refractivity contribution in [3.8, 4) is 23.7 Å². The number of benzene rings is 2. The topological polar surface area (TPSA) is 140 Å². The van der Waals surface area contributed by atoms with Gasteiger partial charge in [0.05, 0.1) is 12.6 Å². The lowest BCUT2D eigenvalue weighted by molar-refractivity contribution is -0.133. The van der Waals surface area contributed by atoms with Gasteiger partial charge >= 0.3 is 0 Å². The molecular formula is C27H30N4O5. The lowest BCUT2D eigenvalue weighted by Gasteiger charge is -2.19. The van der Waals surface area contributed by atoms with Crippen molar-refractivity contribution in [2.75, 3.05) is 18.4 Å². The lowest BCUT2D eigenvalue weighted by Crippen LogP contribution is -2.51. The summed E-state index contributed by atoms with van der Waals surface area (Å²) in [5.74, 6) is 9.70. The van der Waals surface area contributed by atoms with Gasteiger partial charge in [-0.2, -0.15) is 0 Å². The summed E-state index contributed by atoms with van der Waals surface area (Å²) >= 11 is 0. The Labute approximate surface area is 210 Å². The third-order valence-electron chi connectivity index (χ3n) is 4.95. The second-order valence-electron chi connectivity index (χ2n) is 7.90. The Kier molecular flexibility index (Phi) is 11.7. The molecule has 2 aromatic rings. The minimum absolute atomic E-state index is 0.0993. The molecule has 188 valence electrons. The van der Waals surface area contributed by atoms with Crippen LogP contribution >= 0.6 is 0 Å². The average Bonchev–Trinajstić information content (AvgIpc) is 2.88. The first-order valence-electron chi connectivity index (χ1n) is 11.5. The Morgan fingerprint density at radius 2 is 1.53 bits per heavy atom. The molecule has 2 unspecified atom stereocenters. The van der Waals surface area contributed by atoms with Gasteiger partial charge in [-0.25, -0.2) is 5.48 Å². The SMILES string of the molecule is CCCCNCC(=O)Nc1ccc(C#CC#Cc2ccc(C(=O)NC(C(=O)NO)C(C)O)cc2)cc1. The number of hydroxylamine groups is 1. The van der Waals surface area contributed by atoms with E-state index in [1.165, 1.54) is 24.5 Å². The van der Waals surface area contributed by atoms with Crippen LogP contribution in [0.4, 0.5) is 5.69 Å². The van der Waals surface area contributed by atoms with Crippen molar-refractivity contribution < 1.29 is 24.7 Å². The van der Waals surface area contributed by atoms with Crippen LogP contribution in [0.15, 0.2) is 48.5 Å². The fourth-order valence-corrected chi connectivity index (χ4v) is 2.96. The van der Waals surface area contributed by atoms with Gasteiger partial charge in [0, 0.05) is 22.4 Å². The number of unbranched alkanes of at least 4 members (excludes halogenated alkanes) is 1. The lowest BCUT2D eigenvalue weighted by atomic mass is 10.1. The first-order valence-corrected chi connectivity index (χ1v) is 11.5. The van der Waals surface area contributed by atoms with Crippen LogP contribution in [0.25, 0.3) is 0 Å². The molecule has 36 heavy (non-hydrogen) atoms. The summed E-state index contributed by atoms with van der Waals surface area (Å²) < 4.78 is 0. The van der Waals surface area contributed by atoms with Crippen LogP contribution < -0.4 is 21.4 Å². The van der Waals surface area contributed by atoms with Gasteiger partial charge in [0.2, 0.25) is 5.91 Å². The van der Waals surface area contributed by atoms with Gasteiger partial charge in [0.25, 0.3) is 11.8 Å². The van der Waals surface area contributed by atoms with Crippen molar-refractivity contribution in [1.29, 1.82) is 0 Å².